The van der Waals surface area contributed by atoms with E-state index >= 15 is 0 Å². The quantitative estimate of drug-likeness (QED) is 0.435. The van der Waals surface area contributed by atoms with E-state index < -0.39 is 10.1 Å². The molecular weight excluding hydrogens is 276 g/mol. The second-order valence-electron chi connectivity index (χ2n) is 3.78. The van der Waals surface area contributed by atoms with Crippen LogP contribution in [0, 0.1) is 0 Å². The third kappa shape index (κ3) is 5.61. The van der Waals surface area contributed by atoms with Gasteiger partial charge in [-0.15, -0.1) is 11.3 Å². The molecule has 1 rings (SSSR count). The molecular formula is C11H16O5S2. The fraction of sp³-hybridized carbons (Fsp3) is 0.545. The number of hydrogen-bond donors (Lipinski definition) is 0. The molecule has 0 amide bonds. The van der Waals surface area contributed by atoms with Crippen molar-refractivity contribution in [2.24, 2.45) is 0 Å². The summed E-state index contributed by atoms with van der Waals surface area (Å²) < 4.78 is 30.6. The largest absolute Gasteiger partial charge is 0.465 e. The molecule has 0 aromatic carbocycles. The van der Waals surface area contributed by atoms with E-state index in [0.717, 1.165) is 24.0 Å². The lowest BCUT2D eigenvalue weighted by Gasteiger charge is -2.00. The normalized spacial score (nSPS) is 11.4. The predicted octanol–water partition coefficient (Wildman–Crippen LogP) is 1.83. The second kappa shape index (κ2) is 6.86. The minimum absolute atomic E-state index is 0.202. The Balaban J connectivity index is 2.28. The van der Waals surface area contributed by atoms with Gasteiger partial charge in [0.1, 0.15) is 0 Å². The van der Waals surface area contributed by atoms with Crippen LogP contribution in [0.1, 0.15) is 28.1 Å². The number of aryl methyl sites for hydroxylation is 1. The molecule has 0 saturated carbocycles. The summed E-state index contributed by atoms with van der Waals surface area (Å²) in [5.41, 5.74) is 0.560. The Labute approximate surface area is 111 Å². The maximum absolute atomic E-state index is 11.2. The van der Waals surface area contributed by atoms with Crippen LogP contribution in [0.25, 0.3) is 0 Å². The van der Waals surface area contributed by atoms with Crippen molar-refractivity contribution in [3.05, 3.63) is 21.9 Å². The summed E-state index contributed by atoms with van der Waals surface area (Å²) in [5.74, 6) is -0.335. The van der Waals surface area contributed by atoms with Gasteiger partial charge in [0.15, 0.2) is 0 Å². The highest BCUT2D eigenvalue weighted by Gasteiger charge is 2.08. The molecule has 0 aliphatic heterocycles. The van der Waals surface area contributed by atoms with Crippen LogP contribution in [0.15, 0.2) is 11.4 Å². The van der Waals surface area contributed by atoms with Crippen molar-refractivity contribution in [1.82, 2.24) is 0 Å². The smallest absolute Gasteiger partial charge is 0.338 e. The molecule has 0 atom stereocenters. The molecule has 0 fully saturated rings. The monoisotopic (exact) mass is 292 g/mol. The lowest BCUT2D eigenvalue weighted by molar-refractivity contribution is 0.0601. The zero-order valence-corrected chi connectivity index (χ0v) is 12.0. The molecule has 1 heterocycles. The first-order chi connectivity index (χ1) is 8.42. The SMILES string of the molecule is COC(=O)c1csc(CCCCOS(C)(=O)=O)c1. The first-order valence-corrected chi connectivity index (χ1v) is 8.12. The van der Waals surface area contributed by atoms with Gasteiger partial charge in [-0.3, -0.25) is 4.18 Å². The van der Waals surface area contributed by atoms with Gasteiger partial charge >= 0.3 is 5.97 Å². The summed E-state index contributed by atoms with van der Waals surface area (Å²) in [6.45, 7) is 0.202. The van der Waals surface area contributed by atoms with Gasteiger partial charge < -0.3 is 4.74 Å². The lowest BCUT2D eigenvalue weighted by Crippen LogP contribution is -2.04. The average molecular weight is 292 g/mol. The van der Waals surface area contributed by atoms with Crippen LogP contribution < -0.4 is 0 Å². The second-order valence-corrected chi connectivity index (χ2v) is 6.42. The number of esters is 1. The summed E-state index contributed by atoms with van der Waals surface area (Å²) in [4.78, 5) is 12.3. The number of rotatable bonds is 7. The number of methoxy groups -OCH3 is 1. The third-order valence-corrected chi connectivity index (χ3v) is 3.78. The zero-order chi connectivity index (χ0) is 13.6. The molecule has 0 saturated heterocycles. The predicted molar refractivity (Wildman–Crippen MR) is 69.4 cm³/mol. The molecule has 0 aliphatic rings. The Morgan fingerprint density at radius 1 is 1.39 bits per heavy atom. The minimum atomic E-state index is -3.34. The lowest BCUT2D eigenvalue weighted by atomic mass is 10.2. The van der Waals surface area contributed by atoms with E-state index in [4.69, 9.17) is 0 Å². The van der Waals surface area contributed by atoms with Crippen LogP contribution in [-0.4, -0.2) is 34.4 Å². The van der Waals surface area contributed by atoms with Crippen LogP contribution in [0.4, 0.5) is 0 Å². The summed E-state index contributed by atoms with van der Waals surface area (Å²) in [5, 5.41) is 1.76. The van der Waals surface area contributed by atoms with Crippen LogP contribution in [0.5, 0.6) is 0 Å². The van der Waals surface area contributed by atoms with E-state index in [2.05, 4.69) is 8.92 Å². The molecule has 0 aliphatic carbocycles. The van der Waals surface area contributed by atoms with Crippen LogP contribution in [0.3, 0.4) is 0 Å². The zero-order valence-electron chi connectivity index (χ0n) is 10.3. The van der Waals surface area contributed by atoms with Crippen molar-refractivity contribution in [3.63, 3.8) is 0 Å². The summed E-state index contributed by atoms with van der Waals surface area (Å²) in [6.07, 6.45) is 3.32. The topological polar surface area (TPSA) is 69.7 Å². The molecule has 1 aromatic heterocycles. The van der Waals surface area contributed by atoms with Crippen LogP contribution in [-0.2, 0) is 25.5 Å². The Morgan fingerprint density at radius 2 is 2.11 bits per heavy atom. The highest BCUT2D eigenvalue weighted by atomic mass is 32.2. The van der Waals surface area contributed by atoms with E-state index in [1.807, 2.05) is 0 Å². The van der Waals surface area contributed by atoms with Gasteiger partial charge in [-0.25, -0.2) is 4.79 Å². The van der Waals surface area contributed by atoms with Crippen molar-refractivity contribution in [3.8, 4) is 0 Å². The molecule has 7 heteroatoms. The maximum atomic E-state index is 11.2. The molecule has 0 N–H and O–H groups in total. The first kappa shape index (κ1) is 15.1. The Morgan fingerprint density at radius 3 is 2.72 bits per heavy atom. The molecule has 1 aromatic rings. The number of carbonyl (C=O) groups is 1. The number of hydrogen-bond acceptors (Lipinski definition) is 6. The molecule has 0 bridgehead atoms. The van der Waals surface area contributed by atoms with E-state index in [9.17, 15) is 13.2 Å². The Hall–Kier alpha value is -0.920. The highest BCUT2D eigenvalue weighted by Crippen LogP contribution is 2.17. The molecule has 102 valence electrons. The van der Waals surface area contributed by atoms with Gasteiger partial charge in [0, 0.05) is 10.3 Å². The van der Waals surface area contributed by atoms with Crippen molar-refractivity contribution in [2.75, 3.05) is 20.0 Å². The summed E-state index contributed by atoms with van der Waals surface area (Å²) in [6, 6.07) is 1.80. The number of carbonyl (C=O) groups excluding carboxylic acids is 1. The average Bonchev–Trinajstić information content (AvgIpc) is 2.75. The van der Waals surface area contributed by atoms with Crippen LogP contribution in [0.2, 0.25) is 0 Å². The Kier molecular flexibility index (Phi) is 5.77. The fourth-order valence-corrected chi connectivity index (χ4v) is 2.67. The number of unbranched alkanes of at least 4 members (excludes halogenated alkanes) is 1. The summed E-state index contributed by atoms with van der Waals surface area (Å²) in [7, 11) is -1.99. The van der Waals surface area contributed by atoms with Crippen molar-refractivity contribution in [1.29, 1.82) is 0 Å². The number of ether oxygens (including phenoxy) is 1. The van der Waals surface area contributed by atoms with Gasteiger partial charge in [0.25, 0.3) is 10.1 Å². The van der Waals surface area contributed by atoms with E-state index in [1.54, 1.807) is 11.4 Å². The molecule has 0 radical (unpaired) electrons. The molecule has 0 spiro atoms. The van der Waals surface area contributed by atoms with Crippen molar-refractivity contribution in [2.45, 2.75) is 19.3 Å². The van der Waals surface area contributed by atoms with Crippen molar-refractivity contribution >= 4 is 27.4 Å². The highest BCUT2D eigenvalue weighted by molar-refractivity contribution is 7.85. The molecule has 5 nitrogen and oxygen atoms in total. The standard InChI is InChI=1S/C11H16O5S2/c1-15-11(12)9-7-10(17-8-9)5-3-4-6-16-18(2,13)14/h7-8H,3-6H2,1-2H3. The fourth-order valence-electron chi connectivity index (χ4n) is 1.35. The third-order valence-electron chi connectivity index (χ3n) is 2.19. The van der Waals surface area contributed by atoms with Crippen LogP contribution >= 0.6 is 11.3 Å². The molecule has 18 heavy (non-hydrogen) atoms. The van der Waals surface area contributed by atoms with E-state index in [-0.39, 0.29) is 12.6 Å². The molecule has 0 unspecified atom stereocenters. The number of thiophene rings is 1. The summed E-state index contributed by atoms with van der Waals surface area (Å²) >= 11 is 1.50. The minimum Gasteiger partial charge on any atom is -0.465 e. The van der Waals surface area contributed by atoms with E-state index in [0.29, 0.717) is 12.0 Å². The Bertz CT molecular complexity index is 489. The van der Waals surface area contributed by atoms with Gasteiger partial charge in [-0.05, 0) is 25.3 Å². The van der Waals surface area contributed by atoms with Crippen molar-refractivity contribution < 1.29 is 22.1 Å². The van der Waals surface area contributed by atoms with Gasteiger partial charge in [0.05, 0.1) is 25.5 Å². The maximum Gasteiger partial charge on any atom is 0.338 e. The van der Waals surface area contributed by atoms with Gasteiger partial charge in [0.2, 0.25) is 0 Å². The van der Waals surface area contributed by atoms with E-state index in [1.165, 1.54) is 18.4 Å². The first-order valence-electron chi connectivity index (χ1n) is 5.42. The van der Waals surface area contributed by atoms with Gasteiger partial charge in [-0.1, -0.05) is 0 Å². The van der Waals surface area contributed by atoms with Gasteiger partial charge in [-0.2, -0.15) is 8.42 Å².